The molecule has 0 aliphatic rings. The van der Waals surface area contributed by atoms with Crippen LogP contribution in [-0.4, -0.2) is 57.4 Å². The van der Waals surface area contributed by atoms with Gasteiger partial charge in [-0.1, -0.05) is 42.5 Å². The van der Waals surface area contributed by atoms with E-state index in [4.69, 9.17) is 19.5 Å². The van der Waals surface area contributed by atoms with Crippen LogP contribution in [0.15, 0.2) is 65.7 Å². The summed E-state index contributed by atoms with van der Waals surface area (Å²) in [5, 5.41) is 0. The third-order valence-electron chi connectivity index (χ3n) is 4.89. The summed E-state index contributed by atoms with van der Waals surface area (Å²) in [6.45, 7) is 1.56. The largest absolute Gasteiger partial charge is 0.370 e. The Hall–Kier alpha value is -3.15. The summed E-state index contributed by atoms with van der Waals surface area (Å²) < 4.78 is 32.4. The van der Waals surface area contributed by atoms with Crippen LogP contribution in [0.1, 0.15) is 15.9 Å². The smallest absolute Gasteiger partial charge is 0.280 e. The number of carbonyl (C=O) groups excluding carboxylic acids is 1. The second-order valence-corrected chi connectivity index (χ2v) is 10.1. The highest BCUT2D eigenvalue weighted by molar-refractivity contribution is 7.98. The zero-order valence-corrected chi connectivity index (χ0v) is 22.5. The first-order chi connectivity index (χ1) is 18.5. The molecular weight excluding hydrogens is 532 g/mol. The molecule has 4 rings (SSSR count). The summed E-state index contributed by atoms with van der Waals surface area (Å²) in [5.41, 5.74) is 7.31. The number of nitrogen functional groups attached to an aromatic ring is 1. The number of hydrogen-bond donors (Lipinski definition) is 2. The summed E-state index contributed by atoms with van der Waals surface area (Å²) in [7, 11) is -1.29. The topological polar surface area (TPSA) is 134 Å². The van der Waals surface area contributed by atoms with Crippen molar-refractivity contribution in [2.45, 2.75) is 13.2 Å². The van der Waals surface area contributed by atoms with Crippen LogP contribution >= 0.6 is 20.1 Å². The third kappa shape index (κ3) is 9.62. The molecule has 2 aromatic carbocycles. The van der Waals surface area contributed by atoms with Crippen LogP contribution in [0.25, 0.3) is 11.2 Å². The average Bonchev–Trinajstić information content (AvgIpc) is 3.33. The molecule has 0 aliphatic heterocycles. The number of anilines is 1. The lowest BCUT2D eigenvalue weighted by Gasteiger charge is -2.17. The van der Waals surface area contributed by atoms with Crippen molar-refractivity contribution in [2.75, 3.05) is 37.3 Å². The van der Waals surface area contributed by atoms with E-state index >= 15 is 0 Å². The second kappa shape index (κ2) is 16.0. The standard InChI is InChI=1S/C18H23FN5O4PS.C7H6O/c1-30-8-7-27-29(28-10-13-3-2-4-14(19)9-13)12-26-6-5-24-11-21-15-16(24)22-18(20)23-17(15)25;8-6-7-4-2-1-3-5-7/h2-4,9,11H,5-8,10,12H2,1H3,(H3,20,22,23,25);1-6H. The Morgan fingerprint density at radius 2 is 1.97 bits per heavy atom. The number of imidazole rings is 1. The molecule has 10 nitrogen and oxygen atoms in total. The van der Waals surface area contributed by atoms with Gasteiger partial charge in [-0.3, -0.25) is 14.6 Å². The molecule has 2 aromatic heterocycles. The monoisotopic (exact) mass is 561 g/mol. The number of aromatic nitrogens is 4. The number of fused-ring (bicyclic) bond motifs is 1. The number of thioether (sulfide) groups is 1. The molecule has 13 heteroatoms. The average molecular weight is 562 g/mol. The quantitative estimate of drug-likeness (QED) is 0.140. The molecule has 38 heavy (non-hydrogen) atoms. The second-order valence-electron chi connectivity index (χ2n) is 7.69. The molecule has 2 heterocycles. The Kier molecular flexibility index (Phi) is 12.3. The Balaban J connectivity index is 0.000000427. The van der Waals surface area contributed by atoms with Crippen LogP contribution in [0.3, 0.4) is 0 Å². The van der Waals surface area contributed by atoms with Crippen LogP contribution in [-0.2, 0) is 26.9 Å². The Morgan fingerprint density at radius 3 is 2.68 bits per heavy atom. The minimum Gasteiger partial charge on any atom is -0.370 e. The number of nitrogens with zero attached hydrogens (tertiary/aromatic N) is 3. The molecule has 4 aromatic rings. The van der Waals surface area contributed by atoms with Gasteiger partial charge in [-0.25, -0.2) is 9.37 Å². The number of aldehydes is 1. The van der Waals surface area contributed by atoms with Crippen molar-refractivity contribution in [3.05, 3.63) is 88.2 Å². The molecule has 0 spiro atoms. The third-order valence-corrected chi connectivity index (χ3v) is 6.74. The first kappa shape index (κ1) is 29.4. The van der Waals surface area contributed by atoms with E-state index in [1.807, 2.05) is 24.5 Å². The van der Waals surface area contributed by atoms with Crippen molar-refractivity contribution in [1.29, 1.82) is 0 Å². The van der Waals surface area contributed by atoms with Gasteiger partial charge in [0.15, 0.2) is 19.5 Å². The van der Waals surface area contributed by atoms with E-state index in [2.05, 4.69) is 15.0 Å². The SMILES string of the molecule is CSCCOP(COCCn1cnc2c(=O)[nH]c(N)nc21)OCc1cccc(F)c1.O=Cc1ccccc1. The van der Waals surface area contributed by atoms with Gasteiger partial charge in [0, 0.05) is 17.9 Å². The fraction of sp³-hybridized carbons (Fsp3) is 0.280. The Bertz CT molecular complexity index is 1340. The fourth-order valence-electron chi connectivity index (χ4n) is 3.08. The van der Waals surface area contributed by atoms with Crippen molar-refractivity contribution in [3.63, 3.8) is 0 Å². The highest BCUT2D eigenvalue weighted by Gasteiger charge is 2.13. The van der Waals surface area contributed by atoms with Crippen molar-refractivity contribution in [1.82, 2.24) is 19.5 Å². The molecule has 1 atom stereocenters. The lowest BCUT2D eigenvalue weighted by Crippen LogP contribution is -2.13. The molecule has 0 fully saturated rings. The summed E-state index contributed by atoms with van der Waals surface area (Å²) in [5.74, 6) is 0.567. The van der Waals surface area contributed by atoms with E-state index in [-0.39, 0.29) is 35.8 Å². The van der Waals surface area contributed by atoms with Gasteiger partial charge in [0.05, 0.1) is 26.1 Å². The molecule has 0 saturated heterocycles. The van der Waals surface area contributed by atoms with Gasteiger partial charge < -0.3 is 24.1 Å². The summed E-state index contributed by atoms with van der Waals surface area (Å²) in [6.07, 6.45) is 4.62. The molecule has 0 radical (unpaired) electrons. The highest BCUT2D eigenvalue weighted by atomic mass is 32.2. The molecule has 0 bridgehead atoms. The van der Waals surface area contributed by atoms with Gasteiger partial charge in [0.2, 0.25) is 5.95 Å². The maximum atomic E-state index is 13.3. The number of H-pyrrole nitrogens is 1. The maximum absolute atomic E-state index is 13.3. The van der Waals surface area contributed by atoms with Crippen molar-refractivity contribution in [2.24, 2.45) is 0 Å². The zero-order chi connectivity index (χ0) is 27.2. The van der Waals surface area contributed by atoms with Crippen LogP contribution in [0, 0.1) is 5.82 Å². The van der Waals surface area contributed by atoms with Crippen molar-refractivity contribution in [3.8, 4) is 0 Å². The number of benzene rings is 2. The van der Waals surface area contributed by atoms with Gasteiger partial charge in [0.1, 0.15) is 18.5 Å². The van der Waals surface area contributed by atoms with E-state index in [0.717, 1.165) is 23.2 Å². The number of aromatic amines is 1. The molecule has 1 unspecified atom stereocenters. The Morgan fingerprint density at radius 1 is 1.16 bits per heavy atom. The zero-order valence-electron chi connectivity index (χ0n) is 20.8. The number of carbonyl (C=O) groups is 1. The number of ether oxygens (including phenoxy) is 1. The number of nitrogens with two attached hydrogens (primary N) is 1. The van der Waals surface area contributed by atoms with Gasteiger partial charge in [-0.05, 0) is 24.0 Å². The number of nitrogens with one attached hydrogen (secondary N) is 1. The van der Waals surface area contributed by atoms with Crippen LogP contribution in [0.2, 0.25) is 0 Å². The molecule has 202 valence electrons. The van der Waals surface area contributed by atoms with Crippen LogP contribution < -0.4 is 11.3 Å². The normalized spacial score (nSPS) is 11.6. The molecule has 3 N–H and O–H groups in total. The summed E-state index contributed by atoms with van der Waals surface area (Å²) in [6, 6.07) is 15.4. The van der Waals surface area contributed by atoms with E-state index < -0.39 is 8.38 Å². The predicted molar refractivity (Wildman–Crippen MR) is 148 cm³/mol. The van der Waals surface area contributed by atoms with Gasteiger partial charge in [-0.15, -0.1) is 0 Å². The minimum absolute atomic E-state index is 0.0339. The van der Waals surface area contributed by atoms with Crippen molar-refractivity contribution < 1.29 is 23.0 Å². The Labute approximate surface area is 224 Å². The molecule has 0 saturated carbocycles. The molecule has 0 aliphatic carbocycles. The van der Waals surface area contributed by atoms with E-state index in [1.165, 1.54) is 18.5 Å². The van der Waals surface area contributed by atoms with Gasteiger partial charge in [-0.2, -0.15) is 16.7 Å². The number of hydrogen-bond acceptors (Lipinski definition) is 9. The minimum atomic E-state index is -1.29. The molecular formula is C25H29FN5O5PS. The first-order valence-corrected chi connectivity index (χ1v) is 14.3. The van der Waals surface area contributed by atoms with E-state index in [1.54, 1.807) is 40.6 Å². The lowest BCUT2D eigenvalue weighted by molar-refractivity contribution is 0.112. The molecule has 0 amide bonds. The number of rotatable bonds is 13. The fourth-order valence-corrected chi connectivity index (χ4v) is 4.54. The summed E-state index contributed by atoms with van der Waals surface area (Å²) in [4.78, 5) is 32.4. The summed E-state index contributed by atoms with van der Waals surface area (Å²) >= 11 is 1.67. The first-order valence-electron chi connectivity index (χ1n) is 11.6. The highest BCUT2D eigenvalue weighted by Crippen LogP contribution is 2.39. The van der Waals surface area contributed by atoms with Crippen LogP contribution in [0.5, 0.6) is 0 Å². The van der Waals surface area contributed by atoms with Gasteiger partial charge in [0.25, 0.3) is 5.56 Å². The van der Waals surface area contributed by atoms with E-state index in [9.17, 15) is 14.0 Å². The lowest BCUT2D eigenvalue weighted by atomic mass is 10.2. The van der Waals surface area contributed by atoms with E-state index in [0.29, 0.717) is 25.4 Å². The number of halogens is 1. The van der Waals surface area contributed by atoms with Gasteiger partial charge >= 0.3 is 0 Å². The maximum Gasteiger partial charge on any atom is 0.280 e. The van der Waals surface area contributed by atoms with Crippen molar-refractivity contribution >= 4 is 43.5 Å². The predicted octanol–water partition coefficient (Wildman–Crippen LogP) is 4.22. The van der Waals surface area contributed by atoms with Crippen LogP contribution in [0.4, 0.5) is 10.3 Å².